The van der Waals surface area contributed by atoms with Crippen LogP contribution in [-0.2, 0) is 0 Å². The number of anilines is 2. The van der Waals surface area contributed by atoms with Crippen LogP contribution in [0.3, 0.4) is 0 Å². The average Bonchev–Trinajstić information content (AvgIpc) is 3.66. The fourth-order valence-corrected chi connectivity index (χ4v) is 4.08. The fraction of sp³-hybridized carbons (Fsp3) is 0.444. The van der Waals surface area contributed by atoms with Crippen molar-refractivity contribution >= 4 is 29.1 Å². The molecule has 4 N–H and O–H groups in total. The minimum absolute atomic E-state index is 0.0459. The zero-order valence-electron chi connectivity index (χ0n) is 20.3. The summed E-state index contributed by atoms with van der Waals surface area (Å²) in [6.07, 6.45) is 4.17. The van der Waals surface area contributed by atoms with Gasteiger partial charge in [0.15, 0.2) is 5.96 Å². The highest BCUT2D eigenvalue weighted by molar-refractivity contribution is 6.06. The standard InChI is InChI=1S/C27H35N5O2/c1-17(2)12-15-28-26(34)21-6-4-7-23(18(21)3)31-24-11-10-20(16-22(24)19-8-9-19)25(33)32-27-29-13-5-14-30-27/h4,6-7,10-11,16-17,19,31H,5,8-9,12-15H2,1-3H3,(H,28,34)(H2,29,30,32,33). The third kappa shape index (κ3) is 5.95. The largest absolute Gasteiger partial charge is 0.356 e. The van der Waals surface area contributed by atoms with Crippen molar-refractivity contribution in [1.29, 1.82) is 0 Å². The van der Waals surface area contributed by atoms with Crippen molar-refractivity contribution in [3.05, 3.63) is 58.7 Å². The molecular weight excluding hydrogens is 426 g/mol. The van der Waals surface area contributed by atoms with E-state index in [9.17, 15) is 9.59 Å². The number of carbonyl (C=O) groups excluding carboxylic acids is 2. The molecule has 0 bridgehead atoms. The summed E-state index contributed by atoms with van der Waals surface area (Å²) in [5.74, 6) is 1.34. The second-order valence-electron chi connectivity index (χ2n) is 9.58. The quantitative estimate of drug-likeness (QED) is 0.466. The van der Waals surface area contributed by atoms with Crippen molar-refractivity contribution in [3.8, 4) is 0 Å². The summed E-state index contributed by atoms with van der Waals surface area (Å²) >= 11 is 0. The SMILES string of the molecule is Cc1c(Nc2ccc(C(=O)NC3=NCCCN3)cc2C2CC2)cccc1C(=O)NCCC(C)C. The summed E-state index contributed by atoms with van der Waals surface area (Å²) < 4.78 is 0. The van der Waals surface area contributed by atoms with Crippen molar-refractivity contribution in [2.45, 2.75) is 52.4 Å². The smallest absolute Gasteiger partial charge is 0.257 e. The first-order valence-corrected chi connectivity index (χ1v) is 12.3. The van der Waals surface area contributed by atoms with Crippen molar-refractivity contribution in [2.75, 3.05) is 25.0 Å². The molecule has 0 aromatic heterocycles. The number of hydrogen-bond donors (Lipinski definition) is 4. The van der Waals surface area contributed by atoms with Gasteiger partial charge in [-0.25, -0.2) is 0 Å². The summed E-state index contributed by atoms with van der Waals surface area (Å²) in [5.41, 5.74) is 5.23. The number of amides is 2. The predicted molar refractivity (Wildman–Crippen MR) is 137 cm³/mol. The Bertz CT molecular complexity index is 1090. The number of guanidine groups is 1. The molecule has 180 valence electrons. The zero-order chi connectivity index (χ0) is 24.1. The predicted octanol–water partition coefficient (Wildman–Crippen LogP) is 4.47. The van der Waals surface area contributed by atoms with E-state index in [1.54, 1.807) is 0 Å². The lowest BCUT2D eigenvalue weighted by Gasteiger charge is -2.18. The molecule has 34 heavy (non-hydrogen) atoms. The Hall–Kier alpha value is -3.35. The Morgan fingerprint density at radius 1 is 1.12 bits per heavy atom. The Balaban J connectivity index is 1.51. The van der Waals surface area contributed by atoms with Gasteiger partial charge in [-0.05, 0) is 85.9 Å². The molecule has 0 atom stereocenters. The lowest BCUT2D eigenvalue weighted by molar-refractivity contribution is 0.0948. The van der Waals surface area contributed by atoms with E-state index < -0.39 is 0 Å². The highest BCUT2D eigenvalue weighted by Crippen LogP contribution is 2.44. The fourth-order valence-electron chi connectivity index (χ4n) is 4.08. The van der Waals surface area contributed by atoms with Gasteiger partial charge in [-0.1, -0.05) is 19.9 Å². The van der Waals surface area contributed by atoms with E-state index >= 15 is 0 Å². The highest BCUT2D eigenvalue weighted by atomic mass is 16.2. The molecule has 4 rings (SSSR count). The van der Waals surface area contributed by atoms with E-state index in [0.29, 0.717) is 35.5 Å². The van der Waals surface area contributed by atoms with Crippen LogP contribution in [0.5, 0.6) is 0 Å². The monoisotopic (exact) mass is 461 g/mol. The molecule has 2 amide bonds. The Morgan fingerprint density at radius 2 is 1.94 bits per heavy atom. The number of rotatable bonds is 8. The van der Waals surface area contributed by atoms with Gasteiger partial charge in [0, 0.05) is 42.1 Å². The van der Waals surface area contributed by atoms with Crippen LogP contribution in [0.4, 0.5) is 11.4 Å². The maximum Gasteiger partial charge on any atom is 0.257 e. The lowest BCUT2D eigenvalue weighted by atomic mass is 10.0. The summed E-state index contributed by atoms with van der Waals surface area (Å²) in [4.78, 5) is 29.8. The molecule has 1 fully saturated rings. The van der Waals surface area contributed by atoms with Gasteiger partial charge in [-0.15, -0.1) is 0 Å². The molecule has 1 aliphatic heterocycles. The van der Waals surface area contributed by atoms with Crippen LogP contribution in [-0.4, -0.2) is 37.4 Å². The molecule has 0 spiro atoms. The van der Waals surface area contributed by atoms with Gasteiger partial charge in [0.05, 0.1) is 0 Å². The van der Waals surface area contributed by atoms with E-state index in [4.69, 9.17) is 0 Å². The van der Waals surface area contributed by atoms with E-state index in [0.717, 1.165) is 61.3 Å². The average molecular weight is 462 g/mol. The van der Waals surface area contributed by atoms with Gasteiger partial charge in [0.25, 0.3) is 11.8 Å². The molecule has 7 heteroatoms. The minimum atomic E-state index is -0.155. The molecule has 0 unspecified atom stereocenters. The van der Waals surface area contributed by atoms with Crippen LogP contribution in [0, 0.1) is 12.8 Å². The second-order valence-corrected chi connectivity index (χ2v) is 9.58. The maximum absolute atomic E-state index is 12.8. The molecule has 2 aromatic carbocycles. The van der Waals surface area contributed by atoms with Crippen LogP contribution >= 0.6 is 0 Å². The van der Waals surface area contributed by atoms with E-state index in [1.807, 2.05) is 43.3 Å². The molecule has 2 aliphatic rings. The van der Waals surface area contributed by atoms with Crippen molar-refractivity contribution in [3.63, 3.8) is 0 Å². The molecule has 1 saturated carbocycles. The number of benzene rings is 2. The van der Waals surface area contributed by atoms with Crippen LogP contribution < -0.4 is 21.3 Å². The number of nitrogens with zero attached hydrogens (tertiary/aromatic N) is 1. The summed E-state index contributed by atoms with van der Waals surface area (Å²) in [5, 5.41) is 12.6. The van der Waals surface area contributed by atoms with Crippen LogP contribution in [0.2, 0.25) is 0 Å². The highest BCUT2D eigenvalue weighted by Gasteiger charge is 2.27. The molecule has 1 heterocycles. The Kier molecular flexibility index (Phi) is 7.50. The normalized spacial score (nSPS) is 15.4. The maximum atomic E-state index is 12.8. The molecule has 1 aliphatic carbocycles. The van der Waals surface area contributed by atoms with Gasteiger partial charge in [-0.3, -0.25) is 19.9 Å². The Morgan fingerprint density at radius 3 is 2.65 bits per heavy atom. The lowest BCUT2D eigenvalue weighted by Crippen LogP contribution is -2.43. The first kappa shape index (κ1) is 23.8. The molecule has 0 radical (unpaired) electrons. The number of carbonyl (C=O) groups is 2. The van der Waals surface area contributed by atoms with Gasteiger partial charge < -0.3 is 16.0 Å². The van der Waals surface area contributed by atoms with Crippen molar-refractivity contribution in [2.24, 2.45) is 10.9 Å². The third-order valence-corrected chi connectivity index (χ3v) is 6.32. The molecular formula is C27H35N5O2. The van der Waals surface area contributed by atoms with Gasteiger partial charge in [-0.2, -0.15) is 0 Å². The first-order valence-electron chi connectivity index (χ1n) is 12.3. The topological polar surface area (TPSA) is 94.6 Å². The van der Waals surface area contributed by atoms with E-state index in [2.05, 4.69) is 40.1 Å². The number of hydrogen-bond acceptors (Lipinski definition) is 5. The summed E-state index contributed by atoms with van der Waals surface area (Å²) in [6, 6.07) is 11.5. The molecule has 0 saturated heterocycles. The second kappa shape index (κ2) is 10.7. The minimum Gasteiger partial charge on any atom is -0.356 e. The summed E-state index contributed by atoms with van der Waals surface area (Å²) in [7, 11) is 0. The van der Waals surface area contributed by atoms with Crippen molar-refractivity contribution < 1.29 is 9.59 Å². The first-order chi connectivity index (χ1) is 16.4. The third-order valence-electron chi connectivity index (χ3n) is 6.32. The van der Waals surface area contributed by atoms with E-state index in [-0.39, 0.29) is 11.8 Å². The van der Waals surface area contributed by atoms with Gasteiger partial charge >= 0.3 is 0 Å². The van der Waals surface area contributed by atoms with Crippen LogP contribution in [0.15, 0.2) is 41.4 Å². The van der Waals surface area contributed by atoms with Crippen LogP contribution in [0.25, 0.3) is 0 Å². The summed E-state index contributed by atoms with van der Waals surface area (Å²) in [6.45, 7) is 8.49. The number of aliphatic imine (C=N–C) groups is 1. The van der Waals surface area contributed by atoms with E-state index in [1.165, 1.54) is 0 Å². The molecule has 7 nitrogen and oxygen atoms in total. The molecule has 2 aromatic rings. The van der Waals surface area contributed by atoms with Gasteiger partial charge in [0.1, 0.15) is 0 Å². The number of nitrogens with one attached hydrogen (secondary N) is 4. The van der Waals surface area contributed by atoms with Crippen LogP contribution in [0.1, 0.15) is 77.3 Å². The zero-order valence-corrected chi connectivity index (χ0v) is 20.3. The van der Waals surface area contributed by atoms with Gasteiger partial charge in [0.2, 0.25) is 0 Å². The van der Waals surface area contributed by atoms with Crippen molar-refractivity contribution in [1.82, 2.24) is 16.0 Å². The Labute approximate surface area is 201 Å².